The second-order valence-corrected chi connectivity index (χ2v) is 7.91. The molecular formula is C16H26N2OS. The standard InChI is InChI=1S/C16H26N2OS/c1-12-6-5-9-18(10-12)15(19)8-7-14-17-13(11-20-14)16(2,3)4/h11-12H,5-10H2,1-4H3. The van der Waals surface area contributed by atoms with Gasteiger partial charge in [-0.2, -0.15) is 0 Å². The van der Waals surface area contributed by atoms with Crippen molar-refractivity contribution in [2.45, 2.75) is 58.8 Å². The summed E-state index contributed by atoms with van der Waals surface area (Å²) in [5.41, 5.74) is 1.23. The molecule has 1 unspecified atom stereocenters. The van der Waals surface area contributed by atoms with Gasteiger partial charge in [0.1, 0.15) is 0 Å². The first-order chi connectivity index (χ1) is 9.36. The van der Waals surface area contributed by atoms with Crippen molar-refractivity contribution >= 4 is 17.2 Å². The largest absolute Gasteiger partial charge is 0.342 e. The second kappa shape index (κ2) is 6.25. The first kappa shape index (κ1) is 15.5. The highest BCUT2D eigenvalue weighted by Gasteiger charge is 2.21. The van der Waals surface area contributed by atoms with Crippen LogP contribution < -0.4 is 0 Å². The van der Waals surface area contributed by atoms with Gasteiger partial charge in [-0.1, -0.05) is 27.7 Å². The van der Waals surface area contributed by atoms with Crippen LogP contribution in [0.5, 0.6) is 0 Å². The number of hydrogen-bond donors (Lipinski definition) is 0. The van der Waals surface area contributed by atoms with Crippen molar-refractivity contribution in [3.8, 4) is 0 Å². The van der Waals surface area contributed by atoms with Gasteiger partial charge in [0.05, 0.1) is 10.7 Å². The van der Waals surface area contributed by atoms with Gasteiger partial charge < -0.3 is 4.90 Å². The van der Waals surface area contributed by atoms with E-state index in [0.717, 1.165) is 36.6 Å². The predicted molar refractivity (Wildman–Crippen MR) is 84.1 cm³/mol. The van der Waals surface area contributed by atoms with Crippen LogP contribution in [0.2, 0.25) is 0 Å². The van der Waals surface area contributed by atoms with E-state index >= 15 is 0 Å². The number of carbonyl (C=O) groups is 1. The quantitative estimate of drug-likeness (QED) is 0.853. The van der Waals surface area contributed by atoms with Gasteiger partial charge in [0.25, 0.3) is 0 Å². The third-order valence-corrected chi connectivity index (χ3v) is 4.79. The number of aromatic nitrogens is 1. The fraction of sp³-hybridized carbons (Fsp3) is 0.750. The van der Waals surface area contributed by atoms with E-state index in [1.165, 1.54) is 6.42 Å². The van der Waals surface area contributed by atoms with E-state index in [4.69, 9.17) is 0 Å². The molecule has 0 aliphatic carbocycles. The lowest BCUT2D eigenvalue weighted by molar-refractivity contribution is -0.132. The minimum Gasteiger partial charge on any atom is -0.342 e. The summed E-state index contributed by atoms with van der Waals surface area (Å²) in [6, 6.07) is 0. The zero-order valence-electron chi connectivity index (χ0n) is 13.1. The first-order valence-electron chi connectivity index (χ1n) is 7.59. The molecule has 0 radical (unpaired) electrons. The number of nitrogens with zero attached hydrogens (tertiary/aromatic N) is 2. The average molecular weight is 294 g/mol. The van der Waals surface area contributed by atoms with Crippen molar-refractivity contribution < 1.29 is 4.79 Å². The molecule has 1 aromatic rings. The molecule has 0 saturated carbocycles. The molecule has 1 saturated heterocycles. The van der Waals surface area contributed by atoms with E-state index in [9.17, 15) is 4.79 Å². The normalized spacial score (nSPS) is 20.2. The zero-order valence-corrected chi connectivity index (χ0v) is 13.9. The van der Waals surface area contributed by atoms with E-state index < -0.39 is 0 Å². The molecule has 3 nitrogen and oxygen atoms in total. The van der Waals surface area contributed by atoms with Gasteiger partial charge in [-0.25, -0.2) is 4.98 Å². The monoisotopic (exact) mass is 294 g/mol. The van der Waals surface area contributed by atoms with Gasteiger partial charge >= 0.3 is 0 Å². The fourth-order valence-corrected chi connectivity index (χ4v) is 3.58. The lowest BCUT2D eigenvalue weighted by atomic mass is 9.93. The van der Waals surface area contributed by atoms with Crippen molar-refractivity contribution in [3.63, 3.8) is 0 Å². The molecule has 1 aliphatic rings. The second-order valence-electron chi connectivity index (χ2n) is 6.96. The Kier molecular flexibility index (Phi) is 4.84. The molecule has 0 spiro atoms. The van der Waals surface area contributed by atoms with Gasteiger partial charge in [-0.3, -0.25) is 4.79 Å². The Morgan fingerprint density at radius 1 is 1.50 bits per heavy atom. The van der Waals surface area contributed by atoms with Crippen LogP contribution in [0, 0.1) is 5.92 Å². The molecule has 112 valence electrons. The van der Waals surface area contributed by atoms with Crippen LogP contribution >= 0.6 is 11.3 Å². The maximum atomic E-state index is 12.2. The topological polar surface area (TPSA) is 33.2 Å². The van der Waals surface area contributed by atoms with Crippen molar-refractivity contribution in [2.75, 3.05) is 13.1 Å². The van der Waals surface area contributed by atoms with Crippen LogP contribution in [0.3, 0.4) is 0 Å². The summed E-state index contributed by atoms with van der Waals surface area (Å²) in [6.07, 6.45) is 3.79. The Hall–Kier alpha value is -0.900. The minimum atomic E-state index is 0.0983. The summed E-state index contributed by atoms with van der Waals surface area (Å²) < 4.78 is 0. The van der Waals surface area contributed by atoms with Gasteiger partial charge in [-0.05, 0) is 18.8 Å². The number of likely N-dealkylation sites (tertiary alicyclic amines) is 1. The maximum Gasteiger partial charge on any atom is 0.222 e. The Morgan fingerprint density at radius 3 is 2.85 bits per heavy atom. The smallest absolute Gasteiger partial charge is 0.222 e. The Labute approximate surface area is 126 Å². The zero-order chi connectivity index (χ0) is 14.8. The maximum absolute atomic E-state index is 12.2. The number of aryl methyl sites for hydroxylation is 1. The van der Waals surface area contributed by atoms with Crippen molar-refractivity contribution in [3.05, 3.63) is 16.1 Å². The van der Waals surface area contributed by atoms with Crippen molar-refractivity contribution in [1.82, 2.24) is 9.88 Å². The summed E-state index contributed by atoms with van der Waals surface area (Å²) in [5.74, 6) is 0.948. The van der Waals surface area contributed by atoms with Gasteiger partial charge in [0.2, 0.25) is 5.91 Å². The minimum absolute atomic E-state index is 0.0983. The molecular weight excluding hydrogens is 268 g/mol. The molecule has 1 aromatic heterocycles. The lowest BCUT2D eigenvalue weighted by Crippen LogP contribution is -2.39. The number of thiazole rings is 1. The Balaban J connectivity index is 1.85. The molecule has 1 atom stereocenters. The van der Waals surface area contributed by atoms with Crippen LogP contribution in [0.15, 0.2) is 5.38 Å². The highest BCUT2D eigenvalue weighted by molar-refractivity contribution is 7.09. The molecule has 1 fully saturated rings. The number of amides is 1. The molecule has 0 bridgehead atoms. The predicted octanol–water partition coefficient (Wildman–Crippen LogP) is 3.63. The third-order valence-electron chi connectivity index (χ3n) is 3.88. The van der Waals surface area contributed by atoms with Gasteiger partial charge in [-0.15, -0.1) is 11.3 Å². The average Bonchev–Trinajstić information content (AvgIpc) is 2.84. The van der Waals surface area contributed by atoms with Gasteiger partial charge in [0.15, 0.2) is 0 Å². The molecule has 1 amide bonds. The molecule has 0 aromatic carbocycles. The first-order valence-corrected chi connectivity index (χ1v) is 8.47. The third kappa shape index (κ3) is 4.05. The highest BCUT2D eigenvalue weighted by Crippen LogP contribution is 2.24. The Morgan fingerprint density at radius 2 is 2.25 bits per heavy atom. The molecule has 20 heavy (non-hydrogen) atoms. The summed E-state index contributed by atoms with van der Waals surface area (Å²) in [7, 11) is 0. The fourth-order valence-electron chi connectivity index (χ4n) is 2.56. The number of piperidine rings is 1. The van der Waals surface area contributed by atoms with Crippen LogP contribution in [0.25, 0.3) is 0 Å². The highest BCUT2D eigenvalue weighted by atomic mass is 32.1. The summed E-state index contributed by atoms with van der Waals surface area (Å²) in [5, 5.41) is 3.22. The van der Waals surface area contributed by atoms with Crippen LogP contribution in [-0.4, -0.2) is 28.9 Å². The number of rotatable bonds is 3. The van der Waals surface area contributed by atoms with E-state index in [1.807, 2.05) is 4.90 Å². The number of hydrogen-bond acceptors (Lipinski definition) is 3. The lowest BCUT2D eigenvalue weighted by Gasteiger charge is -2.30. The van der Waals surface area contributed by atoms with Crippen LogP contribution in [0.4, 0.5) is 0 Å². The van der Waals surface area contributed by atoms with Crippen LogP contribution in [0.1, 0.15) is 57.7 Å². The SMILES string of the molecule is CC1CCCN(C(=O)CCc2nc(C(C)(C)C)cs2)C1. The van der Waals surface area contributed by atoms with Crippen LogP contribution in [-0.2, 0) is 16.6 Å². The molecule has 2 heterocycles. The molecule has 0 N–H and O–H groups in total. The van der Waals surface area contributed by atoms with E-state index in [0.29, 0.717) is 18.2 Å². The van der Waals surface area contributed by atoms with Crippen molar-refractivity contribution in [2.24, 2.45) is 5.92 Å². The van der Waals surface area contributed by atoms with E-state index in [1.54, 1.807) is 11.3 Å². The van der Waals surface area contributed by atoms with Crippen molar-refractivity contribution in [1.29, 1.82) is 0 Å². The Bertz CT molecular complexity index is 461. The van der Waals surface area contributed by atoms with E-state index in [-0.39, 0.29) is 5.41 Å². The number of carbonyl (C=O) groups excluding carboxylic acids is 1. The summed E-state index contributed by atoms with van der Waals surface area (Å²) in [6.45, 7) is 10.6. The summed E-state index contributed by atoms with van der Waals surface area (Å²) in [4.78, 5) is 18.9. The van der Waals surface area contributed by atoms with E-state index in [2.05, 4.69) is 38.1 Å². The summed E-state index contributed by atoms with van der Waals surface area (Å²) >= 11 is 1.68. The molecule has 2 rings (SSSR count). The van der Waals surface area contributed by atoms with Gasteiger partial charge in [0, 0.05) is 36.7 Å². The molecule has 1 aliphatic heterocycles. The molecule has 4 heteroatoms.